The number of nitrogens with one attached hydrogen (secondary N) is 2. The Labute approximate surface area is 62.7 Å². The van der Waals surface area contributed by atoms with E-state index in [1.54, 1.807) is 0 Å². The van der Waals surface area contributed by atoms with Gasteiger partial charge in [-0.2, -0.15) is 0 Å². The molecular weight excluding hydrogens is 124 g/mol. The van der Waals surface area contributed by atoms with Gasteiger partial charge in [0.05, 0.1) is 0 Å². The van der Waals surface area contributed by atoms with E-state index >= 15 is 0 Å². The lowest BCUT2D eigenvalue weighted by Gasteiger charge is -2.18. The molecular formula is C8H16N2. The van der Waals surface area contributed by atoms with Crippen LogP contribution in [0.3, 0.4) is 0 Å². The fourth-order valence-electron chi connectivity index (χ4n) is 1.50. The van der Waals surface area contributed by atoms with Crippen LogP contribution in [-0.2, 0) is 0 Å². The van der Waals surface area contributed by atoms with Gasteiger partial charge in [-0.1, -0.05) is 6.08 Å². The van der Waals surface area contributed by atoms with Crippen molar-refractivity contribution in [2.75, 3.05) is 13.6 Å². The Morgan fingerprint density at radius 3 is 3.00 bits per heavy atom. The Bertz CT molecular complexity index is 106. The van der Waals surface area contributed by atoms with E-state index in [0.717, 1.165) is 6.54 Å². The van der Waals surface area contributed by atoms with Crippen molar-refractivity contribution >= 4 is 0 Å². The van der Waals surface area contributed by atoms with Crippen molar-refractivity contribution in [3.8, 4) is 0 Å². The molecule has 0 bridgehead atoms. The zero-order chi connectivity index (χ0) is 7.40. The van der Waals surface area contributed by atoms with Crippen molar-refractivity contribution in [1.29, 1.82) is 0 Å². The summed E-state index contributed by atoms with van der Waals surface area (Å²) < 4.78 is 0. The van der Waals surface area contributed by atoms with Crippen LogP contribution in [0.15, 0.2) is 12.7 Å². The highest BCUT2D eigenvalue weighted by Gasteiger charge is 2.19. The van der Waals surface area contributed by atoms with Crippen LogP contribution >= 0.6 is 0 Å². The van der Waals surface area contributed by atoms with Crippen LogP contribution < -0.4 is 10.6 Å². The molecule has 2 nitrogen and oxygen atoms in total. The summed E-state index contributed by atoms with van der Waals surface area (Å²) in [5, 5.41) is 6.64. The van der Waals surface area contributed by atoms with Gasteiger partial charge in [0.15, 0.2) is 0 Å². The van der Waals surface area contributed by atoms with Crippen LogP contribution in [0.2, 0.25) is 0 Å². The lowest BCUT2D eigenvalue weighted by molar-refractivity contribution is 0.490. The molecule has 2 unspecified atom stereocenters. The first-order chi connectivity index (χ1) is 4.88. The molecule has 0 aliphatic carbocycles. The summed E-state index contributed by atoms with van der Waals surface area (Å²) in [7, 11) is 1.98. The molecule has 1 saturated heterocycles. The van der Waals surface area contributed by atoms with Crippen LogP contribution in [0.5, 0.6) is 0 Å². The van der Waals surface area contributed by atoms with Crippen molar-refractivity contribution in [1.82, 2.24) is 10.6 Å². The van der Waals surface area contributed by atoms with E-state index in [-0.39, 0.29) is 0 Å². The maximum Gasteiger partial charge on any atom is 0.0400 e. The molecule has 1 heterocycles. The van der Waals surface area contributed by atoms with E-state index in [1.807, 2.05) is 13.1 Å². The maximum absolute atomic E-state index is 3.77. The minimum absolute atomic E-state index is 0.447. The van der Waals surface area contributed by atoms with Crippen LogP contribution in [-0.4, -0.2) is 25.7 Å². The largest absolute Gasteiger partial charge is 0.312 e. The second-order valence-corrected chi connectivity index (χ2v) is 2.75. The van der Waals surface area contributed by atoms with E-state index < -0.39 is 0 Å². The van der Waals surface area contributed by atoms with Gasteiger partial charge in [0.25, 0.3) is 0 Å². The molecule has 2 N–H and O–H groups in total. The summed E-state index contributed by atoms with van der Waals surface area (Å²) in [5.41, 5.74) is 0. The van der Waals surface area contributed by atoms with Crippen LogP contribution in [0.25, 0.3) is 0 Å². The molecule has 0 aromatic carbocycles. The van der Waals surface area contributed by atoms with Crippen LogP contribution in [0.1, 0.15) is 12.8 Å². The molecule has 2 atom stereocenters. The molecule has 0 aromatic heterocycles. The quantitative estimate of drug-likeness (QED) is 0.558. The number of likely N-dealkylation sites (N-methyl/N-ethyl adjacent to an activating group) is 1. The van der Waals surface area contributed by atoms with E-state index in [1.165, 1.54) is 12.8 Å². The van der Waals surface area contributed by atoms with Gasteiger partial charge < -0.3 is 10.6 Å². The van der Waals surface area contributed by atoms with Gasteiger partial charge in [0.2, 0.25) is 0 Å². The minimum Gasteiger partial charge on any atom is -0.312 e. The molecule has 1 fully saturated rings. The van der Waals surface area contributed by atoms with Crippen molar-refractivity contribution in [2.24, 2.45) is 0 Å². The lowest BCUT2D eigenvalue weighted by Crippen LogP contribution is -2.41. The first-order valence-electron chi connectivity index (χ1n) is 3.91. The number of rotatable bonds is 3. The molecule has 0 amide bonds. The summed E-state index contributed by atoms with van der Waals surface area (Å²) >= 11 is 0. The molecule has 1 aliphatic heterocycles. The first-order valence-corrected chi connectivity index (χ1v) is 3.91. The van der Waals surface area contributed by atoms with E-state index in [4.69, 9.17) is 0 Å². The summed E-state index contributed by atoms with van der Waals surface area (Å²) in [6.07, 6.45) is 4.55. The molecule has 1 aliphatic rings. The Balaban J connectivity index is 2.36. The van der Waals surface area contributed by atoms with Gasteiger partial charge in [-0.05, 0) is 26.4 Å². The zero-order valence-electron chi connectivity index (χ0n) is 6.56. The predicted octanol–water partition coefficient (Wildman–Crippen LogP) is 0.512. The van der Waals surface area contributed by atoms with Gasteiger partial charge >= 0.3 is 0 Å². The van der Waals surface area contributed by atoms with Gasteiger partial charge in [-0.3, -0.25) is 0 Å². The molecule has 1 rings (SSSR count). The third-order valence-corrected chi connectivity index (χ3v) is 2.12. The molecule has 0 radical (unpaired) electrons. The maximum atomic E-state index is 3.77. The monoisotopic (exact) mass is 140 g/mol. The van der Waals surface area contributed by atoms with Crippen molar-refractivity contribution < 1.29 is 0 Å². The summed E-state index contributed by atoms with van der Waals surface area (Å²) in [6.45, 7) is 4.94. The van der Waals surface area contributed by atoms with E-state index in [0.29, 0.717) is 12.1 Å². The van der Waals surface area contributed by atoms with Crippen molar-refractivity contribution in [2.45, 2.75) is 24.9 Å². The zero-order valence-corrected chi connectivity index (χ0v) is 6.56. The van der Waals surface area contributed by atoms with Gasteiger partial charge in [0, 0.05) is 12.1 Å². The standard InChI is InChI=1S/C8H16N2/c1-3-7(9-2)8-5-4-6-10-8/h3,7-10H,1,4-6H2,2H3. The Morgan fingerprint density at radius 2 is 2.60 bits per heavy atom. The van der Waals surface area contributed by atoms with Gasteiger partial charge in [0.1, 0.15) is 0 Å². The Morgan fingerprint density at radius 1 is 1.80 bits per heavy atom. The number of hydrogen-bond donors (Lipinski definition) is 2. The smallest absolute Gasteiger partial charge is 0.0400 e. The summed E-state index contributed by atoms with van der Waals surface area (Å²) in [4.78, 5) is 0. The van der Waals surface area contributed by atoms with Gasteiger partial charge in [-0.15, -0.1) is 6.58 Å². The minimum atomic E-state index is 0.447. The summed E-state index contributed by atoms with van der Waals surface area (Å²) in [6, 6.07) is 1.06. The van der Waals surface area contributed by atoms with Crippen LogP contribution in [0.4, 0.5) is 0 Å². The highest BCUT2D eigenvalue weighted by atomic mass is 15.0. The fourth-order valence-corrected chi connectivity index (χ4v) is 1.50. The molecule has 0 saturated carbocycles. The van der Waals surface area contributed by atoms with Crippen molar-refractivity contribution in [3.05, 3.63) is 12.7 Å². The normalized spacial score (nSPS) is 28.3. The third kappa shape index (κ3) is 1.58. The van der Waals surface area contributed by atoms with E-state index in [9.17, 15) is 0 Å². The van der Waals surface area contributed by atoms with Crippen LogP contribution in [0, 0.1) is 0 Å². The molecule has 10 heavy (non-hydrogen) atoms. The molecule has 58 valence electrons. The Hall–Kier alpha value is -0.340. The highest BCUT2D eigenvalue weighted by Crippen LogP contribution is 2.08. The lowest BCUT2D eigenvalue weighted by atomic mass is 10.1. The third-order valence-electron chi connectivity index (χ3n) is 2.12. The average molecular weight is 140 g/mol. The molecule has 0 aromatic rings. The molecule has 2 heteroatoms. The SMILES string of the molecule is C=CC(NC)C1CCCN1. The summed E-state index contributed by atoms with van der Waals surface area (Å²) in [5.74, 6) is 0. The van der Waals surface area contributed by atoms with E-state index in [2.05, 4.69) is 17.2 Å². The average Bonchev–Trinajstić information content (AvgIpc) is 2.43. The second kappa shape index (κ2) is 3.74. The number of hydrogen-bond acceptors (Lipinski definition) is 2. The topological polar surface area (TPSA) is 24.1 Å². The van der Waals surface area contributed by atoms with Gasteiger partial charge in [-0.25, -0.2) is 0 Å². The fraction of sp³-hybridized carbons (Fsp3) is 0.750. The molecule has 0 spiro atoms. The Kier molecular flexibility index (Phi) is 2.90. The second-order valence-electron chi connectivity index (χ2n) is 2.75. The highest BCUT2D eigenvalue weighted by molar-refractivity contribution is 4.96. The predicted molar refractivity (Wildman–Crippen MR) is 44.1 cm³/mol. The first kappa shape index (κ1) is 7.76. The van der Waals surface area contributed by atoms with Crippen molar-refractivity contribution in [3.63, 3.8) is 0 Å².